The third-order valence-corrected chi connectivity index (χ3v) is 8.90. The zero-order valence-electron chi connectivity index (χ0n) is 24.6. The van der Waals surface area contributed by atoms with E-state index in [1.807, 2.05) is 45.9 Å². The summed E-state index contributed by atoms with van der Waals surface area (Å²) in [4.78, 5) is 29.0. The molecule has 0 aliphatic carbocycles. The molecule has 3 rings (SSSR count). The van der Waals surface area contributed by atoms with Crippen molar-refractivity contribution in [1.29, 1.82) is 0 Å². The van der Waals surface area contributed by atoms with Crippen LogP contribution in [0.5, 0.6) is 5.75 Å². The number of methoxy groups -OCH3 is 1. The minimum absolute atomic E-state index is 0.0806. The Bertz CT molecular complexity index is 1410. The fourth-order valence-electron chi connectivity index (χ4n) is 4.48. The van der Waals surface area contributed by atoms with Gasteiger partial charge in [0.25, 0.3) is 10.0 Å². The molecule has 3 aromatic carbocycles. The Morgan fingerprint density at radius 3 is 2.20 bits per heavy atom. The van der Waals surface area contributed by atoms with Crippen molar-refractivity contribution in [2.45, 2.75) is 64.4 Å². The van der Waals surface area contributed by atoms with Gasteiger partial charge in [0.15, 0.2) is 0 Å². The fraction of sp³-hybridized carbons (Fsp3) is 0.375. The zero-order chi connectivity index (χ0) is 30.0. The van der Waals surface area contributed by atoms with E-state index >= 15 is 0 Å². The summed E-state index contributed by atoms with van der Waals surface area (Å²) in [7, 11) is -2.52. The number of anilines is 1. The van der Waals surface area contributed by atoms with Gasteiger partial charge in [-0.1, -0.05) is 56.7 Å². The van der Waals surface area contributed by atoms with Crippen molar-refractivity contribution in [2.24, 2.45) is 0 Å². The number of nitrogens with zero attached hydrogens (tertiary/aromatic N) is 2. The standard InChI is InChI=1S/C32H41N3O5S/c1-6-8-20-33-32(37)30(7-2)34(22-26-15-18-28(40-5)19-16-26)31(36)23-35(27-17-14-24(3)25(4)21-27)41(38,39)29-12-10-9-11-13-29/h9-19,21,30H,6-8,20,22-23H2,1-5H3,(H,33,37)/t30-/m1/s1. The molecule has 0 saturated heterocycles. The van der Waals surface area contributed by atoms with Gasteiger partial charge < -0.3 is 15.0 Å². The van der Waals surface area contributed by atoms with E-state index in [0.717, 1.165) is 33.8 Å². The lowest BCUT2D eigenvalue weighted by atomic mass is 10.1. The lowest BCUT2D eigenvalue weighted by Gasteiger charge is -2.33. The molecular weight excluding hydrogens is 538 g/mol. The monoisotopic (exact) mass is 579 g/mol. The van der Waals surface area contributed by atoms with Gasteiger partial charge in [-0.05, 0) is 79.8 Å². The topological polar surface area (TPSA) is 96.0 Å². The number of aryl methyl sites for hydroxylation is 2. The molecule has 41 heavy (non-hydrogen) atoms. The van der Waals surface area contributed by atoms with Crippen molar-refractivity contribution in [3.63, 3.8) is 0 Å². The van der Waals surface area contributed by atoms with E-state index in [4.69, 9.17) is 4.74 Å². The highest BCUT2D eigenvalue weighted by Crippen LogP contribution is 2.27. The van der Waals surface area contributed by atoms with Crippen LogP contribution in [0.15, 0.2) is 77.7 Å². The van der Waals surface area contributed by atoms with E-state index in [1.54, 1.807) is 49.6 Å². The van der Waals surface area contributed by atoms with Gasteiger partial charge in [0.05, 0.1) is 17.7 Å². The van der Waals surface area contributed by atoms with Crippen LogP contribution < -0.4 is 14.4 Å². The maximum Gasteiger partial charge on any atom is 0.264 e. The highest BCUT2D eigenvalue weighted by Gasteiger charge is 2.33. The third kappa shape index (κ3) is 8.10. The summed E-state index contributed by atoms with van der Waals surface area (Å²) in [5, 5.41) is 2.94. The SMILES string of the molecule is CCCCNC(=O)[C@@H](CC)N(Cc1ccc(OC)cc1)C(=O)CN(c1ccc(C)c(C)c1)S(=O)(=O)c1ccccc1. The van der Waals surface area contributed by atoms with Gasteiger partial charge >= 0.3 is 0 Å². The summed E-state index contributed by atoms with van der Waals surface area (Å²) in [6, 6.07) is 19.9. The Morgan fingerprint density at radius 2 is 1.61 bits per heavy atom. The Kier molecular flexibility index (Phi) is 11.3. The number of nitrogens with one attached hydrogen (secondary N) is 1. The average molecular weight is 580 g/mol. The van der Waals surface area contributed by atoms with E-state index in [0.29, 0.717) is 24.4 Å². The van der Waals surface area contributed by atoms with Crippen LogP contribution in [0.25, 0.3) is 0 Å². The van der Waals surface area contributed by atoms with Gasteiger partial charge in [-0.25, -0.2) is 8.42 Å². The predicted molar refractivity (Wildman–Crippen MR) is 162 cm³/mol. The van der Waals surface area contributed by atoms with Crippen LogP contribution in [0.3, 0.4) is 0 Å². The highest BCUT2D eigenvalue weighted by atomic mass is 32.2. The van der Waals surface area contributed by atoms with Gasteiger partial charge in [-0.3, -0.25) is 13.9 Å². The molecule has 0 saturated carbocycles. The first-order chi connectivity index (χ1) is 19.6. The van der Waals surface area contributed by atoms with Crippen molar-refractivity contribution in [3.8, 4) is 5.75 Å². The number of unbranched alkanes of at least 4 members (excludes halogenated alkanes) is 1. The van der Waals surface area contributed by atoms with Crippen LogP contribution in [0, 0.1) is 13.8 Å². The quantitative estimate of drug-likeness (QED) is 0.264. The summed E-state index contributed by atoms with van der Waals surface area (Å²) in [6.07, 6.45) is 2.12. The van der Waals surface area contributed by atoms with Crippen LogP contribution in [0.4, 0.5) is 5.69 Å². The summed E-state index contributed by atoms with van der Waals surface area (Å²) in [5.74, 6) is -0.0617. The second-order valence-electron chi connectivity index (χ2n) is 10.0. The number of ether oxygens (including phenoxy) is 1. The lowest BCUT2D eigenvalue weighted by Crippen LogP contribution is -2.52. The van der Waals surface area contributed by atoms with Crippen molar-refractivity contribution in [1.82, 2.24) is 10.2 Å². The van der Waals surface area contributed by atoms with Crippen LogP contribution in [-0.2, 0) is 26.2 Å². The number of benzene rings is 3. The Balaban J connectivity index is 2.04. The number of carbonyl (C=O) groups excluding carboxylic acids is 2. The largest absolute Gasteiger partial charge is 0.497 e. The van der Waals surface area contributed by atoms with Gasteiger partial charge in [0.1, 0.15) is 18.3 Å². The van der Waals surface area contributed by atoms with E-state index < -0.39 is 28.5 Å². The van der Waals surface area contributed by atoms with Crippen molar-refractivity contribution in [2.75, 3.05) is 24.5 Å². The second kappa shape index (κ2) is 14.7. The summed E-state index contributed by atoms with van der Waals surface area (Å²) in [6.45, 7) is 7.91. The fourth-order valence-corrected chi connectivity index (χ4v) is 5.91. The van der Waals surface area contributed by atoms with Crippen molar-refractivity contribution in [3.05, 3.63) is 89.5 Å². The Morgan fingerprint density at radius 1 is 0.927 bits per heavy atom. The molecule has 0 heterocycles. The van der Waals surface area contributed by atoms with Crippen LogP contribution in [0.2, 0.25) is 0 Å². The first kappa shape index (κ1) is 31.7. The molecule has 0 aliphatic heterocycles. The molecule has 3 aromatic rings. The van der Waals surface area contributed by atoms with Crippen LogP contribution >= 0.6 is 0 Å². The maximum atomic E-state index is 14.1. The molecule has 8 nitrogen and oxygen atoms in total. The molecule has 0 fully saturated rings. The normalized spacial score (nSPS) is 11.9. The van der Waals surface area contributed by atoms with Gasteiger partial charge in [0.2, 0.25) is 11.8 Å². The van der Waals surface area contributed by atoms with Crippen LogP contribution in [0.1, 0.15) is 49.8 Å². The number of amides is 2. The molecule has 2 amide bonds. The number of sulfonamides is 1. The first-order valence-corrected chi connectivity index (χ1v) is 15.4. The molecule has 0 bridgehead atoms. The predicted octanol–water partition coefficient (Wildman–Crippen LogP) is 5.23. The minimum atomic E-state index is -4.10. The van der Waals surface area contributed by atoms with E-state index in [-0.39, 0.29) is 17.3 Å². The van der Waals surface area contributed by atoms with Gasteiger partial charge in [-0.2, -0.15) is 0 Å². The summed E-state index contributed by atoms with van der Waals surface area (Å²) >= 11 is 0. The highest BCUT2D eigenvalue weighted by molar-refractivity contribution is 7.92. The molecule has 1 N–H and O–H groups in total. The molecule has 220 valence electrons. The molecule has 0 aromatic heterocycles. The van der Waals surface area contributed by atoms with Crippen molar-refractivity contribution >= 4 is 27.5 Å². The zero-order valence-corrected chi connectivity index (χ0v) is 25.4. The molecule has 1 atom stereocenters. The maximum absolute atomic E-state index is 14.1. The number of rotatable bonds is 14. The smallest absolute Gasteiger partial charge is 0.264 e. The van der Waals surface area contributed by atoms with E-state index in [1.165, 1.54) is 17.0 Å². The molecule has 0 spiro atoms. The molecular formula is C32H41N3O5S. The van der Waals surface area contributed by atoms with Crippen LogP contribution in [-0.4, -0.2) is 51.4 Å². The number of hydrogen-bond acceptors (Lipinski definition) is 5. The lowest BCUT2D eigenvalue weighted by molar-refractivity contribution is -0.140. The second-order valence-corrected chi connectivity index (χ2v) is 11.9. The van der Waals surface area contributed by atoms with Gasteiger partial charge in [-0.15, -0.1) is 0 Å². The number of carbonyl (C=O) groups is 2. The Hall–Kier alpha value is -3.85. The van der Waals surface area contributed by atoms with E-state index in [9.17, 15) is 18.0 Å². The molecule has 0 unspecified atom stereocenters. The molecule has 0 aliphatic rings. The van der Waals surface area contributed by atoms with Crippen molar-refractivity contribution < 1.29 is 22.7 Å². The molecule has 0 radical (unpaired) electrons. The minimum Gasteiger partial charge on any atom is -0.497 e. The molecule has 9 heteroatoms. The van der Waals surface area contributed by atoms with E-state index in [2.05, 4.69) is 5.32 Å². The first-order valence-electron chi connectivity index (χ1n) is 14.0. The summed E-state index contributed by atoms with van der Waals surface area (Å²) in [5.41, 5.74) is 3.09. The average Bonchev–Trinajstić information content (AvgIpc) is 2.98. The summed E-state index contributed by atoms with van der Waals surface area (Å²) < 4.78 is 34.3. The number of hydrogen-bond donors (Lipinski definition) is 1. The third-order valence-electron chi connectivity index (χ3n) is 7.12. The Labute approximate surface area is 244 Å². The van der Waals surface area contributed by atoms with Gasteiger partial charge in [0, 0.05) is 13.1 Å².